The summed E-state index contributed by atoms with van der Waals surface area (Å²) >= 11 is 7.00. The molecule has 0 spiro atoms. The summed E-state index contributed by atoms with van der Waals surface area (Å²) in [5, 5.41) is 3.44. The van der Waals surface area contributed by atoms with Gasteiger partial charge in [0.1, 0.15) is 5.78 Å². The zero-order valence-electron chi connectivity index (χ0n) is 12.8. The second-order valence-corrected chi connectivity index (χ2v) is 7.95. The minimum Gasteiger partial charge on any atom is -0.315 e. The zero-order chi connectivity index (χ0) is 16.2. The Morgan fingerprint density at radius 1 is 0.870 bits per heavy atom. The van der Waals surface area contributed by atoms with Crippen LogP contribution in [0.5, 0.6) is 0 Å². The summed E-state index contributed by atoms with van der Waals surface area (Å²) in [5.74, 6) is 0.522. The zero-order valence-corrected chi connectivity index (χ0v) is 15.9. The molecular weight excluding hydrogens is 418 g/mol. The van der Waals surface area contributed by atoms with Crippen LogP contribution in [-0.4, -0.2) is 18.9 Å². The van der Waals surface area contributed by atoms with Crippen LogP contribution < -0.4 is 5.32 Å². The Morgan fingerprint density at radius 3 is 1.78 bits per heavy atom. The highest BCUT2D eigenvalue weighted by Crippen LogP contribution is 2.23. The molecule has 4 heteroatoms. The Labute approximate surface area is 153 Å². The van der Waals surface area contributed by atoms with Gasteiger partial charge in [-0.3, -0.25) is 4.79 Å². The second kappa shape index (κ2) is 7.73. The van der Waals surface area contributed by atoms with Gasteiger partial charge in [-0.05, 0) is 48.2 Å². The Bertz CT molecular complexity index is 644. The number of Topliss-reactive ketones (excluding diaryl/α,β-unsaturated/α-hetero) is 1. The molecule has 2 unspecified atom stereocenters. The monoisotopic (exact) mass is 435 g/mol. The van der Waals surface area contributed by atoms with Gasteiger partial charge in [-0.15, -0.1) is 0 Å². The fourth-order valence-corrected chi connectivity index (χ4v) is 4.10. The van der Waals surface area contributed by atoms with Crippen molar-refractivity contribution in [2.45, 2.75) is 12.8 Å². The average molecular weight is 437 g/mol. The largest absolute Gasteiger partial charge is 0.315 e. The van der Waals surface area contributed by atoms with Gasteiger partial charge in [0.15, 0.2) is 0 Å². The van der Waals surface area contributed by atoms with Crippen LogP contribution in [-0.2, 0) is 17.6 Å². The first-order valence-electron chi connectivity index (χ1n) is 7.85. The van der Waals surface area contributed by atoms with Crippen LogP contribution in [0, 0.1) is 11.8 Å². The molecular formula is C19H19Br2NO. The van der Waals surface area contributed by atoms with E-state index in [1.807, 2.05) is 24.3 Å². The molecule has 0 radical (unpaired) electrons. The number of nitrogens with one attached hydrogen (secondary N) is 1. The van der Waals surface area contributed by atoms with Crippen molar-refractivity contribution in [2.75, 3.05) is 13.1 Å². The minimum atomic E-state index is 0.0650. The van der Waals surface area contributed by atoms with Crippen LogP contribution >= 0.6 is 31.9 Å². The van der Waals surface area contributed by atoms with Gasteiger partial charge in [-0.1, -0.05) is 56.1 Å². The molecule has 3 rings (SSSR count). The Balaban J connectivity index is 1.68. The number of rotatable bonds is 4. The normalized spacial score (nSPS) is 21.4. The highest BCUT2D eigenvalue weighted by atomic mass is 79.9. The molecule has 23 heavy (non-hydrogen) atoms. The molecule has 0 amide bonds. The first kappa shape index (κ1) is 16.9. The molecule has 1 aliphatic rings. The average Bonchev–Trinajstić information content (AvgIpc) is 2.51. The number of carbonyl (C=O) groups is 1. The number of halogens is 2. The van der Waals surface area contributed by atoms with E-state index >= 15 is 0 Å². The van der Waals surface area contributed by atoms with Crippen molar-refractivity contribution in [1.29, 1.82) is 0 Å². The standard InChI is InChI=1S/C19H19Br2NO/c20-17-5-1-3-13(9-17)7-15-11-22-12-16(19(15)23)8-14-4-2-6-18(21)10-14/h1-6,9-10,15-16,22H,7-8,11-12H2. The first-order valence-corrected chi connectivity index (χ1v) is 9.44. The van der Waals surface area contributed by atoms with Crippen molar-refractivity contribution >= 4 is 37.6 Å². The van der Waals surface area contributed by atoms with Gasteiger partial charge in [0.05, 0.1) is 0 Å². The number of piperidine rings is 1. The molecule has 0 saturated carbocycles. The van der Waals surface area contributed by atoms with Gasteiger partial charge in [-0.2, -0.15) is 0 Å². The van der Waals surface area contributed by atoms with Crippen LogP contribution in [0.25, 0.3) is 0 Å². The Kier molecular flexibility index (Phi) is 5.67. The van der Waals surface area contributed by atoms with Gasteiger partial charge in [0, 0.05) is 33.9 Å². The Hall–Kier alpha value is -0.970. The molecule has 1 fully saturated rings. The smallest absolute Gasteiger partial charge is 0.142 e. The SMILES string of the molecule is O=C1C(Cc2cccc(Br)c2)CNCC1Cc1cccc(Br)c1. The lowest BCUT2D eigenvalue weighted by Crippen LogP contribution is -2.45. The van der Waals surface area contributed by atoms with Gasteiger partial charge in [0.2, 0.25) is 0 Å². The molecule has 2 aromatic carbocycles. The highest BCUT2D eigenvalue weighted by Gasteiger charge is 2.31. The number of carbonyl (C=O) groups excluding carboxylic acids is 1. The number of hydrogen-bond donors (Lipinski definition) is 1. The molecule has 1 saturated heterocycles. The minimum absolute atomic E-state index is 0.0650. The molecule has 120 valence electrons. The second-order valence-electron chi connectivity index (χ2n) is 6.12. The molecule has 0 aromatic heterocycles. The van der Waals surface area contributed by atoms with Crippen molar-refractivity contribution < 1.29 is 4.79 Å². The van der Waals surface area contributed by atoms with Crippen molar-refractivity contribution in [3.8, 4) is 0 Å². The lowest BCUT2D eigenvalue weighted by Gasteiger charge is -2.29. The molecule has 2 aromatic rings. The summed E-state index contributed by atoms with van der Waals surface area (Å²) in [4.78, 5) is 12.8. The van der Waals surface area contributed by atoms with Crippen molar-refractivity contribution in [3.05, 3.63) is 68.6 Å². The van der Waals surface area contributed by atoms with Crippen molar-refractivity contribution in [2.24, 2.45) is 11.8 Å². The third kappa shape index (κ3) is 4.52. The van der Waals surface area contributed by atoms with E-state index in [0.717, 1.165) is 34.9 Å². The fourth-order valence-electron chi connectivity index (χ4n) is 3.21. The van der Waals surface area contributed by atoms with Crippen molar-refractivity contribution in [1.82, 2.24) is 5.32 Å². The topological polar surface area (TPSA) is 29.1 Å². The summed E-state index contributed by atoms with van der Waals surface area (Å²) in [6.45, 7) is 1.56. The van der Waals surface area contributed by atoms with E-state index in [4.69, 9.17) is 0 Å². The van der Waals surface area contributed by atoms with E-state index in [9.17, 15) is 4.79 Å². The van der Waals surface area contributed by atoms with E-state index < -0.39 is 0 Å². The Morgan fingerprint density at radius 2 is 1.35 bits per heavy atom. The van der Waals surface area contributed by atoms with Gasteiger partial charge < -0.3 is 5.32 Å². The van der Waals surface area contributed by atoms with E-state index in [-0.39, 0.29) is 11.8 Å². The summed E-state index contributed by atoms with van der Waals surface area (Å²) in [6.07, 6.45) is 1.61. The van der Waals surface area contributed by atoms with Gasteiger partial charge in [-0.25, -0.2) is 0 Å². The van der Waals surface area contributed by atoms with Crippen LogP contribution in [0.1, 0.15) is 11.1 Å². The third-order valence-corrected chi connectivity index (χ3v) is 5.31. The number of hydrogen-bond acceptors (Lipinski definition) is 2. The lowest BCUT2D eigenvalue weighted by atomic mass is 9.82. The molecule has 2 nitrogen and oxygen atoms in total. The van der Waals surface area contributed by atoms with Crippen LogP contribution in [0.3, 0.4) is 0 Å². The van der Waals surface area contributed by atoms with E-state index in [1.165, 1.54) is 11.1 Å². The van der Waals surface area contributed by atoms with E-state index in [1.54, 1.807) is 0 Å². The summed E-state index contributed by atoms with van der Waals surface area (Å²) in [6, 6.07) is 16.5. The fraction of sp³-hybridized carbons (Fsp3) is 0.316. The molecule has 1 heterocycles. The summed E-state index contributed by atoms with van der Waals surface area (Å²) < 4.78 is 2.13. The predicted molar refractivity (Wildman–Crippen MR) is 101 cm³/mol. The summed E-state index contributed by atoms with van der Waals surface area (Å²) in [7, 11) is 0. The maximum Gasteiger partial charge on any atom is 0.142 e. The maximum atomic E-state index is 12.8. The van der Waals surface area contributed by atoms with E-state index in [0.29, 0.717) is 5.78 Å². The maximum absolute atomic E-state index is 12.8. The lowest BCUT2D eigenvalue weighted by molar-refractivity contribution is -0.128. The number of ketones is 1. The molecule has 2 atom stereocenters. The molecule has 1 aliphatic heterocycles. The molecule has 1 N–H and O–H groups in total. The molecule has 0 aliphatic carbocycles. The van der Waals surface area contributed by atoms with E-state index in [2.05, 4.69) is 61.4 Å². The predicted octanol–water partition coefficient (Wildman–Crippen LogP) is 4.40. The van der Waals surface area contributed by atoms with Gasteiger partial charge >= 0.3 is 0 Å². The highest BCUT2D eigenvalue weighted by molar-refractivity contribution is 9.10. The number of benzene rings is 2. The quantitative estimate of drug-likeness (QED) is 0.769. The van der Waals surface area contributed by atoms with Crippen molar-refractivity contribution in [3.63, 3.8) is 0 Å². The first-order chi connectivity index (χ1) is 11.1. The summed E-state index contributed by atoms with van der Waals surface area (Å²) in [5.41, 5.74) is 2.42. The van der Waals surface area contributed by atoms with Crippen LogP contribution in [0.15, 0.2) is 57.5 Å². The van der Waals surface area contributed by atoms with Crippen LogP contribution in [0.2, 0.25) is 0 Å². The third-order valence-electron chi connectivity index (χ3n) is 4.33. The molecule has 0 bridgehead atoms. The van der Waals surface area contributed by atoms with Gasteiger partial charge in [0.25, 0.3) is 0 Å². The van der Waals surface area contributed by atoms with Crippen LogP contribution in [0.4, 0.5) is 0 Å².